The van der Waals surface area contributed by atoms with Gasteiger partial charge in [0.15, 0.2) is 0 Å². The second kappa shape index (κ2) is 7.59. The van der Waals surface area contributed by atoms with Gasteiger partial charge in [0.2, 0.25) is 10.0 Å². The monoisotopic (exact) mass is 376 g/mol. The normalized spacial score (nSPS) is 18.1. The van der Waals surface area contributed by atoms with Crippen molar-refractivity contribution >= 4 is 15.9 Å². The number of hydrogen-bond donors (Lipinski definition) is 1. The van der Waals surface area contributed by atoms with Crippen LogP contribution in [0.5, 0.6) is 0 Å². The van der Waals surface area contributed by atoms with Gasteiger partial charge in [-0.05, 0) is 55.5 Å². The number of hydrogen-bond acceptors (Lipinski definition) is 4. The average molecular weight is 376 g/mol. The highest BCUT2D eigenvalue weighted by molar-refractivity contribution is 7.88. The molecule has 0 radical (unpaired) electrons. The van der Waals surface area contributed by atoms with Crippen molar-refractivity contribution in [1.29, 1.82) is 0 Å². The van der Waals surface area contributed by atoms with Gasteiger partial charge in [-0.2, -0.15) is 5.10 Å². The second-order valence-electron chi connectivity index (χ2n) is 6.89. The molecule has 140 valence electrons. The lowest BCUT2D eigenvalue weighted by molar-refractivity contribution is 0.0676. The molecular weight excluding hydrogens is 352 g/mol. The molecule has 26 heavy (non-hydrogen) atoms. The van der Waals surface area contributed by atoms with Crippen molar-refractivity contribution in [2.75, 3.05) is 25.9 Å². The summed E-state index contributed by atoms with van der Waals surface area (Å²) in [4.78, 5) is 14.6. The van der Waals surface area contributed by atoms with Crippen LogP contribution in [0.15, 0.2) is 36.7 Å². The molecule has 1 aromatic carbocycles. The number of aromatic nitrogens is 2. The molecule has 0 saturated carbocycles. The predicted molar refractivity (Wildman–Crippen MR) is 99.8 cm³/mol. The van der Waals surface area contributed by atoms with E-state index in [0.717, 1.165) is 30.3 Å². The number of carbonyl (C=O) groups is 1. The topological polar surface area (TPSA) is 84.3 Å². The van der Waals surface area contributed by atoms with Crippen LogP contribution in [0.2, 0.25) is 0 Å². The Labute approximate surface area is 154 Å². The summed E-state index contributed by atoms with van der Waals surface area (Å²) in [6, 6.07) is 7.39. The fraction of sp³-hybridized carbons (Fsp3) is 0.444. The van der Waals surface area contributed by atoms with E-state index in [1.165, 1.54) is 0 Å². The summed E-state index contributed by atoms with van der Waals surface area (Å²) < 4.78 is 26.8. The van der Waals surface area contributed by atoms with Crippen LogP contribution in [0.1, 0.15) is 28.8 Å². The van der Waals surface area contributed by atoms with Crippen molar-refractivity contribution in [2.45, 2.75) is 19.8 Å². The number of sulfonamides is 1. The van der Waals surface area contributed by atoms with E-state index in [2.05, 4.69) is 9.82 Å². The number of amides is 1. The zero-order valence-electron chi connectivity index (χ0n) is 15.1. The van der Waals surface area contributed by atoms with Gasteiger partial charge in [0.1, 0.15) is 0 Å². The van der Waals surface area contributed by atoms with E-state index in [4.69, 9.17) is 0 Å². The number of carbonyl (C=O) groups excluding carboxylic acids is 1. The highest BCUT2D eigenvalue weighted by Crippen LogP contribution is 2.19. The summed E-state index contributed by atoms with van der Waals surface area (Å²) >= 11 is 0. The van der Waals surface area contributed by atoms with E-state index in [-0.39, 0.29) is 11.8 Å². The molecule has 0 aliphatic carbocycles. The summed E-state index contributed by atoms with van der Waals surface area (Å²) in [5.41, 5.74) is 2.62. The van der Waals surface area contributed by atoms with E-state index in [0.29, 0.717) is 25.2 Å². The summed E-state index contributed by atoms with van der Waals surface area (Å²) in [6.45, 7) is 3.63. The van der Waals surface area contributed by atoms with Gasteiger partial charge in [-0.1, -0.05) is 0 Å². The molecule has 1 saturated heterocycles. The SMILES string of the molecule is Cc1cnn(-c2ccc(C(=O)N3CCC[C@H](CNS(C)(=O)=O)C3)cc2)c1. The highest BCUT2D eigenvalue weighted by atomic mass is 32.2. The molecule has 1 atom stereocenters. The third-order valence-corrected chi connectivity index (χ3v) is 5.22. The minimum atomic E-state index is -3.20. The van der Waals surface area contributed by atoms with Gasteiger partial charge in [-0.25, -0.2) is 17.8 Å². The number of likely N-dealkylation sites (tertiary alicyclic amines) is 1. The molecule has 1 aromatic heterocycles. The fourth-order valence-electron chi connectivity index (χ4n) is 3.18. The van der Waals surface area contributed by atoms with Crippen LogP contribution in [0.4, 0.5) is 0 Å². The van der Waals surface area contributed by atoms with Crippen molar-refractivity contribution in [3.63, 3.8) is 0 Å². The van der Waals surface area contributed by atoms with Crippen molar-refractivity contribution in [3.8, 4) is 5.69 Å². The first-order valence-electron chi connectivity index (χ1n) is 8.67. The van der Waals surface area contributed by atoms with Gasteiger partial charge in [-0.3, -0.25) is 4.79 Å². The first-order valence-corrected chi connectivity index (χ1v) is 10.6. The predicted octanol–water partition coefficient (Wildman–Crippen LogP) is 1.58. The molecule has 2 heterocycles. The number of rotatable bonds is 5. The van der Waals surface area contributed by atoms with Crippen LogP contribution in [-0.4, -0.2) is 54.9 Å². The quantitative estimate of drug-likeness (QED) is 0.859. The largest absolute Gasteiger partial charge is 0.338 e. The first kappa shape index (κ1) is 18.6. The Morgan fingerprint density at radius 1 is 1.31 bits per heavy atom. The molecule has 1 aliphatic rings. The third kappa shape index (κ3) is 4.70. The van der Waals surface area contributed by atoms with Crippen molar-refractivity contribution in [2.24, 2.45) is 5.92 Å². The van der Waals surface area contributed by atoms with Gasteiger partial charge in [0.25, 0.3) is 5.91 Å². The van der Waals surface area contributed by atoms with E-state index in [1.54, 1.807) is 10.9 Å². The Bertz CT molecular complexity index is 874. The third-order valence-electron chi connectivity index (χ3n) is 4.53. The Hall–Kier alpha value is -2.19. The average Bonchev–Trinajstić information content (AvgIpc) is 3.06. The Balaban J connectivity index is 1.64. The summed E-state index contributed by atoms with van der Waals surface area (Å²) in [5, 5.41) is 4.27. The van der Waals surface area contributed by atoms with Gasteiger partial charge in [-0.15, -0.1) is 0 Å². The molecule has 8 heteroatoms. The molecule has 1 aliphatic heterocycles. The van der Waals surface area contributed by atoms with Crippen LogP contribution in [0, 0.1) is 12.8 Å². The van der Waals surface area contributed by atoms with Gasteiger partial charge in [0, 0.05) is 31.4 Å². The van der Waals surface area contributed by atoms with Gasteiger partial charge < -0.3 is 4.90 Å². The minimum Gasteiger partial charge on any atom is -0.338 e. The van der Waals surface area contributed by atoms with Crippen LogP contribution >= 0.6 is 0 Å². The molecule has 7 nitrogen and oxygen atoms in total. The molecule has 3 rings (SSSR count). The van der Waals surface area contributed by atoms with Gasteiger partial charge in [0.05, 0.1) is 18.1 Å². The number of piperidine rings is 1. The fourth-order valence-corrected chi connectivity index (χ4v) is 3.72. The van der Waals surface area contributed by atoms with E-state index in [9.17, 15) is 13.2 Å². The minimum absolute atomic E-state index is 0.0164. The lowest BCUT2D eigenvalue weighted by Crippen LogP contribution is -2.43. The van der Waals surface area contributed by atoms with Gasteiger partial charge >= 0.3 is 0 Å². The summed E-state index contributed by atoms with van der Waals surface area (Å²) in [7, 11) is -3.20. The van der Waals surface area contributed by atoms with Crippen molar-refractivity contribution in [3.05, 3.63) is 47.8 Å². The molecule has 2 aromatic rings. The van der Waals surface area contributed by atoms with E-state index >= 15 is 0 Å². The Morgan fingerprint density at radius 3 is 2.65 bits per heavy atom. The summed E-state index contributed by atoms with van der Waals surface area (Å²) in [5.74, 6) is 0.131. The molecule has 1 fully saturated rings. The molecule has 0 bridgehead atoms. The molecule has 0 spiro atoms. The second-order valence-corrected chi connectivity index (χ2v) is 8.72. The maximum absolute atomic E-state index is 12.8. The lowest BCUT2D eigenvalue weighted by Gasteiger charge is -2.32. The summed E-state index contributed by atoms with van der Waals surface area (Å²) in [6.07, 6.45) is 6.68. The maximum Gasteiger partial charge on any atom is 0.253 e. The lowest BCUT2D eigenvalue weighted by atomic mass is 9.97. The molecular formula is C18H24N4O3S. The molecule has 0 unspecified atom stereocenters. The van der Waals surface area contributed by atoms with Crippen LogP contribution in [0.3, 0.4) is 0 Å². The standard InChI is InChI=1S/C18H24N4O3S/c1-14-10-19-22(12-14)17-7-5-16(6-8-17)18(23)21-9-3-4-15(13-21)11-20-26(2,24)25/h5-8,10,12,15,20H,3-4,9,11,13H2,1-2H3/t15-/m1/s1. The first-order chi connectivity index (χ1) is 12.3. The Kier molecular flexibility index (Phi) is 5.43. The van der Waals surface area contributed by atoms with Crippen LogP contribution in [-0.2, 0) is 10.0 Å². The van der Waals surface area contributed by atoms with Crippen molar-refractivity contribution < 1.29 is 13.2 Å². The van der Waals surface area contributed by atoms with E-state index in [1.807, 2.05) is 42.3 Å². The van der Waals surface area contributed by atoms with Crippen LogP contribution in [0.25, 0.3) is 5.69 Å². The number of aryl methyl sites for hydroxylation is 1. The molecule has 1 amide bonds. The molecule has 1 N–H and O–H groups in total. The van der Waals surface area contributed by atoms with Crippen molar-refractivity contribution in [1.82, 2.24) is 19.4 Å². The maximum atomic E-state index is 12.8. The van der Waals surface area contributed by atoms with Crippen LogP contribution < -0.4 is 4.72 Å². The number of nitrogens with one attached hydrogen (secondary N) is 1. The number of benzene rings is 1. The van der Waals surface area contributed by atoms with E-state index < -0.39 is 10.0 Å². The highest BCUT2D eigenvalue weighted by Gasteiger charge is 2.25. The zero-order chi connectivity index (χ0) is 18.7. The number of nitrogens with zero attached hydrogens (tertiary/aromatic N) is 3. The zero-order valence-corrected chi connectivity index (χ0v) is 15.9. The Morgan fingerprint density at radius 2 is 2.04 bits per heavy atom. The smallest absolute Gasteiger partial charge is 0.253 e.